The molecule has 0 bridgehead atoms. The van der Waals surface area contributed by atoms with Gasteiger partial charge < -0.3 is 0 Å². The molecule has 82 valence electrons. The maximum Gasteiger partial charge on any atom is 2.00 e. The van der Waals surface area contributed by atoms with Gasteiger partial charge in [0.05, 0.1) is 0 Å². The van der Waals surface area contributed by atoms with Gasteiger partial charge in [0.2, 0.25) is 0 Å². The fraction of sp³-hybridized carbons (Fsp3) is 0.286. The first-order valence-electron chi connectivity index (χ1n) is 5.28. The Bertz CT molecular complexity index is 281. The Hall–Kier alpha value is -0.781. The van der Waals surface area contributed by atoms with Crippen molar-refractivity contribution in [2.45, 2.75) is 26.7 Å². The molecule has 0 heterocycles. The molecule has 2 aromatic rings. The van der Waals surface area contributed by atoms with E-state index in [1.54, 1.807) is 0 Å². The second-order valence-electron chi connectivity index (χ2n) is 3.25. The molecule has 0 aromatic heterocycles. The molecule has 1 heteroatoms. The molecule has 0 unspecified atom stereocenters. The van der Waals surface area contributed by atoms with Gasteiger partial charge in [-0.1, -0.05) is 26.7 Å². The number of rotatable bonds is 2. The van der Waals surface area contributed by atoms with Gasteiger partial charge in [-0.2, -0.15) is 35.4 Å². The number of aryl methyl sites for hydroxylation is 2. The van der Waals surface area contributed by atoms with Crippen LogP contribution in [0.5, 0.6) is 0 Å². The van der Waals surface area contributed by atoms with Crippen molar-refractivity contribution in [1.29, 1.82) is 0 Å². The first kappa shape index (κ1) is 14.2. The summed E-state index contributed by atoms with van der Waals surface area (Å²) in [6.45, 7) is 4.41. The van der Waals surface area contributed by atoms with E-state index in [9.17, 15) is 0 Å². The molecule has 0 atom stereocenters. The SMILES string of the molecule is CCc1ccc[c-]1CC.[Fe+2].c1cc[cH-]c1. The van der Waals surface area contributed by atoms with Crippen LogP contribution in [0.25, 0.3) is 0 Å². The summed E-state index contributed by atoms with van der Waals surface area (Å²) in [5.74, 6) is 0. The molecule has 0 nitrogen and oxygen atoms in total. The Morgan fingerprint density at radius 1 is 1.13 bits per heavy atom. The van der Waals surface area contributed by atoms with Crippen LogP contribution in [0.2, 0.25) is 0 Å². The summed E-state index contributed by atoms with van der Waals surface area (Å²) in [5.41, 5.74) is 3.02. The predicted octanol–water partition coefficient (Wildman–Crippen LogP) is 3.93. The van der Waals surface area contributed by atoms with E-state index < -0.39 is 0 Å². The normalized spacial score (nSPS) is 8.67. The van der Waals surface area contributed by atoms with Crippen LogP contribution in [0.15, 0.2) is 48.5 Å². The average molecular weight is 242 g/mol. The molecule has 0 saturated heterocycles. The summed E-state index contributed by atoms with van der Waals surface area (Å²) in [6.07, 6.45) is 2.35. The van der Waals surface area contributed by atoms with E-state index in [2.05, 4.69) is 32.0 Å². The van der Waals surface area contributed by atoms with E-state index in [0.717, 1.165) is 0 Å². The van der Waals surface area contributed by atoms with Gasteiger partial charge in [-0.15, -0.1) is 0 Å². The van der Waals surface area contributed by atoms with Gasteiger partial charge in [0, 0.05) is 0 Å². The fourth-order valence-corrected chi connectivity index (χ4v) is 1.51. The van der Waals surface area contributed by atoms with Crippen molar-refractivity contribution in [3.8, 4) is 0 Å². The van der Waals surface area contributed by atoms with E-state index in [1.807, 2.05) is 30.3 Å². The molecule has 0 aliphatic rings. The largest absolute Gasteiger partial charge is 2.00 e. The first-order chi connectivity index (χ1) is 6.88. The number of hydrogen-bond acceptors (Lipinski definition) is 0. The summed E-state index contributed by atoms with van der Waals surface area (Å²) in [4.78, 5) is 0. The molecule has 2 aromatic carbocycles. The van der Waals surface area contributed by atoms with E-state index in [-0.39, 0.29) is 17.1 Å². The Kier molecular flexibility index (Phi) is 8.08. The molecule has 0 aliphatic carbocycles. The van der Waals surface area contributed by atoms with Crippen molar-refractivity contribution >= 4 is 0 Å². The predicted molar refractivity (Wildman–Crippen MR) is 62.8 cm³/mol. The Labute approximate surface area is 104 Å². The van der Waals surface area contributed by atoms with Crippen molar-refractivity contribution in [1.82, 2.24) is 0 Å². The Morgan fingerprint density at radius 2 is 1.80 bits per heavy atom. The molecular formula is C14H18Fe. The van der Waals surface area contributed by atoms with Crippen molar-refractivity contribution in [2.75, 3.05) is 0 Å². The van der Waals surface area contributed by atoms with Gasteiger partial charge in [-0.3, -0.25) is 0 Å². The van der Waals surface area contributed by atoms with Crippen LogP contribution in [0.4, 0.5) is 0 Å². The zero-order valence-corrected chi connectivity index (χ0v) is 10.5. The van der Waals surface area contributed by atoms with Crippen LogP contribution in [0.1, 0.15) is 25.0 Å². The van der Waals surface area contributed by atoms with Crippen LogP contribution in [-0.2, 0) is 29.9 Å². The topological polar surface area (TPSA) is 0 Å². The molecule has 2 rings (SSSR count). The third-order valence-electron chi connectivity index (χ3n) is 2.32. The second kappa shape index (κ2) is 8.52. The van der Waals surface area contributed by atoms with Crippen LogP contribution in [0.3, 0.4) is 0 Å². The third-order valence-corrected chi connectivity index (χ3v) is 2.32. The molecule has 0 aliphatic heterocycles. The Balaban J connectivity index is 0.000000280. The minimum absolute atomic E-state index is 0. The summed E-state index contributed by atoms with van der Waals surface area (Å²) in [6, 6.07) is 16.6. The van der Waals surface area contributed by atoms with Crippen LogP contribution in [-0.4, -0.2) is 0 Å². The van der Waals surface area contributed by atoms with Gasteiger partial charge in [0.25, 0.3) is 0 Å². The van der Waals surface area contributed by atoms with Crippen molar-refractivity contribution in [2.24, 2.45) is 0 Å². The first-order valence-corrected chi connectivity index (χ1v) is 5.28. The summed E-state index contributed by atoms with van der Waals surface area (Å²) >= 11 is 0. The molecule has 0 N–H and O–H groups in total. The van der Waals surface area contributed by atoms with Gasteiger partial charge >= 0.3 is 17.1 Å². The van der Waals surface area contributed by atoms with E-state index in [1.165, 1.54) is 24.0 Å². The minimum Gasteiger partial charge on any atom is -0.214 e. The van der Waals surface area contributed by atoms with Crippen molar-refractivity contribution in [3.63, 3.8) is 0 Å². The van der Waals surface area contributed by atoms with Gasteiger partial charge in [0.1, 0.15) is 0 Å². The monoisotopic (exact) mass is 242 g/mol. The van der Waals surface area contributed by atoms with Crippen molar-refractivity contribution in [3.05, 3.63) is 59.7 Å². The molecule has 15 heavy (non-hydrogen) atoms. The van der Waals surface area contributed by atoms with Crippen LogP contribution >= 0.6 is 0 Å². The van der Waals surface area contributed by atoms with Crippen LogP contribution in [0, 0.1) is 0 Å². The van der Waals surface area contributed by atoms with E-state index in [4.69, 9.17) is 0 Å². The Morgan fingerprint density at radius 3 is 2.13 bits per heavy atom. The molecule has 0 saturated carbocycles. The molecule has 0 fully saturated rings. The number of hydrogen-bond donors (Lipinski definition) is 0. The van der Waals surface area contributed by atoms with Gasteiger partial charge in [-0.25, -0.2) is 24.3 Å². The zero-order chi connectivity index (χ0) is 10.2. The average Bonchev–Trinajstić information content (AvgIpc) is 2.91. The molecule has 0 spiro atoms. The summed E-state index contributed by atoms with van der Waals surface area (Å²) in [7, 11) is 0. The molecule has 0 amide bonds. The van der Waals surface area contributed by atoms with Crippen LogP contribution < -0.4 is 0 Å². The van der Waals surface area contributed by atoms with Crippen molar-refractivity contribution < 1.29 is 17.1 Å². The molecular weight excluding hydrogens is 224 g/mol. The fourth-order valence-electron chi connectivity index (χ4n) is 1.51. The van der Waals surface area contributed by atoms with E-state index in [0.29, 0.717) is 0 Å². The van der Waals surface area contributed by atoms with E-state index >= 15 is 0 Å². The van der Waals surface area contributed by atoms with Gasteiger partial charge in [0.15, 0.2) is 0 Å². The minimum atomic E-state index is 0. The maximum absolute atomic E-state index is 2.21. The summed E-state index contributed by atoms with van der Waals surface area (Å²) in [5, 5.41) is 0. The maximum atomic E-state index is 2.21. The summed E-state index contributed by atoms with van der Waals surface area (Å²) < 4.78 is 0. The van der Waals surface area contributed by atoms with Gasteiger partial charge in [-0.05, 0) is 0 Å². The molecule has 0 radical (unpaired) electrons. The third kappa shape index (κ3) is 5.01. The second-order valence-corrected chi connectivity index (χ2v) is 3.25. The smallest absolute Gasteiger partial charge is 0.214 e. The standard InChI is InChI=1S/C9H13.C5H5.Fe/c1-3-8-6-5-7-9(8)4-2;1-2-4-5-3-1;/h5-7H,3-4H2,1-2H3;1-5H;/q2*-1;+2. The zero-order valence-electron chi connectivity index (χ0n) is 9.39. The quantitative estimate of drug-likeness (QED) is 0.552.